The lowest BCUT2D eigenvalue weighted by Gasteiger charge is -2.07. The lowest BCUT2D eigenvalue weighted by molar-refractivity contribution is 0.0693. The molecular formula is C9H12N2O2S. The SMILES string of the molecule is CCc1nc(SC)nc(C)c1C(=O)O. The predicted octanol–water partition coefficient (Wildman–Crippen LogP) is 1.77. The van der Waals surface area contributed by atoms with Crippen LogP contribution in [0.15, 0.2) is 5.16 Å². The highest BCUT2D eigenvalue weighted by Gasteiger charge is 2.15. The molecule has 0 saturated heterocycles. The van der Waals surface area contributed by atoms with Crippen LogP contribution in [0.5, 0.6) is 0 Å². The number of nitrogens with zero attached hydrogens (tertiary/aromatic N) is 2. The fourth-order valence-corrected chi connectivity index (χ4v) is 1.66. The molecule has 0 amide bonds. The van der Waals surface area contributed by atoms with E-state index >= 15 is 0 Å². The average Bonchev–Trinajstić information content (AvgIpc) is 2.15. The maximum absolute atomic E-state index is 10.9. The number of hydrogen-bond donors (Lipinski definition) is 1. The Labute approximate surface area is 86.8 Å². The van der Waals surface area contributed by atoms with E-state index in [4.69, 9.17) is 5.11 Å². The van der Waals surface area contributed by atoms with Crippen LogP contribution in [-0.2, 0) is 6.42 Å². The summed E-state index contributed by atoms with van der Waals surface area (Å²) in [6.07, 6.45) is 2.48. The van der Waals surface area contributed by atoms with E-state index in [2.05, 4.69) is 9.97 Å². The average molecular weight is 212 g/mol. The number of rotatable bonds is 3. The minimum atomic E-state index is -0.952. The summed E-state index contributed by atoms with van der Waals surface area (Å²) in [6, 6.07) is 0. The van der Waals surface area contributed by atoms with Gasteiger partial charge in [-0.05, 0) is 19.6 Å². The summed E-state index contributed by atoms with van der Waals surface area (Å²) in [6.45, 7) is 3.59. The number of aromatic nitrogens is 2. The summed E-state index contributed by atoms with van der Waals surface area (Å²) >= 11 is 1.42. The number of thioether (sulfide) groups is 1. The van der Waals surface area contributed by atoms with E-state index in [0.717, 1.165) is 0 Å². The predicted molar refractivity (Wildman–Crippen MR) is 54.9 cm³/mol. The van der Waals surface area contributed by atoms with Crippen LogP contribution < -0.4 is 0 Å². The van der Waals surface area contributed by atoms with Crippen LogP contribution in [0.2, 0.25) is 0 Å². The molecule has 4 nitrogen and oxygen atoms in total. The Morgan fingerprint density at radius 1 is 1.50 bits per heavy atom. The van der Waals surface area contributed by atoms with Crippen molar-refractivity contribution in [2.45, 2.75) is 25.4 Å². The maximum atomic E-state index is 10.9. The molecule has 0 aliphatic heterocycles. The molecule has 1 aromatic rings. The van der Waals surface area contributed by atoms with Gasteiger partial charge >= 0.3 is 5.97 Å². The zero-order chi connectivity index (χ0) is 10.7. The third-order valence-electron chi connectivity index (χ3n) is 1.88. The second-order valence-corrected chi connectivity index (χ2v) is 3.55. The van der Waals surface area contributed by atoms with Crippen molar-refractivity contribution >= 4 is 17.7 Å². The molecule has 1 heterocycles. The van der Waals surface area contributed by atoms with E-state index in [1.807, 2.05) is 13.2 Å². The Morgan fingerprint density at radius 2 is 2.14 bits per heavy atom. The van der Waals surface area contributed by atoms with Gasteiger partial charge < -0.3 is 5.11 Å². The quantitative estimate of drug-likeness (QED) is 0.611. The smallest absolute Gasteiger partial charge is 0.339 e. The molecule has 0 aliphatic carbocycles. The molecule has 0 atom stereocenters. The topological polar surface area (TPSA) is 63.1 Å². The molecule has 1 N–H and O–H groups in total. The monoisotopic (exact) mass is 212 g/mol. The first-order valence-corrected chi connectivity index (χ1v) is 5.47. The van der Waals surface area contributed by atoms with Gasteiger partial charge in [-0.15, -0.1) is 0 Å². The molecule has 5 heteroatoms. The third-order valence-corrected chi connectivity index (χ3v) is 2.42. The molecule has 0 radical (unpaired) electrons. The van der Waals surface area contributed by atoms with Crippen molar-refractivity contribution in [3.63, 3.8) is 0 Å². The molecule has 0 spiro atoms. The van der Waals surface area contributed by atoms with Gasteiger partial charge in [0.25, 0.3) is 0 Å². The summed E-state index contributed by atoms with van der Waals surface area (Å²) < 4.78 is 0. The molecule has 0 unspecified atom stereocenters. The minimum absolute atomic E-state index is 0.241. The maximum Gasteiger partial charge on any atom is 0.339 e. The number of hydrogen-bond acceptors (Lipinski definition) is 4. The molecule has 0 saturated carbocycles. The van der Waals surface area contributed by atoms with Crippen LogP contribution in [0.3, 0.4) is 0 Å². The van der Waals surface area contributed by atoms with Crippen molar-refractivity contribution < 1.29 is 9.90 Å². The van der Waals surface area contributed by atoms with E-state index in [1.165, 1.54) is 11.8 Å². The van der Waals surface area contributed by atoms with E-state index < -0.39 is 5.97 Å². The molecule has 76 valence electrons. The largest absolute Gasteiger partial charge is 0.478 e. The summed E-state index contributed by atoms with van der Waals surface area (Å²) in [5.74, 6) is -0.952. The van der Waals surface area contributed by atoms with E-state index in [1.54, 1.807) is 6.92 Å². The Bertz CT molecular complexity index is 366. The van der Waals surface area contributed by atoms with Crippen molar-refractivity contribution in [3.8, 4) is 0 Å². The van der Waals surface area contributed by atoms with Crippen molar-refractivity contribution in [1.82, 2.24) is 9.97 Å². The number of carbonyl (C=O) groups is 1. The molecule has 0 bridgehead atoms. The van der Waals surface area contributed by atoms with Crippen LogP contribution in [0, 0.1) is 6.92 Å². The van der Waals surface area contributed by atoms with E-state index in [0.29, 0.717) is 23.0 Å². The van der Waals surface area contributed by atoms with E-state index in [9.17, 15) is 4.79 Å². The van der Waals surface area contributed by atoms with Crippen LogP contribution in [0.4, 0.5) is 0 Å². The lowest BCUT2D eigenvalue weighted by Crippen LogP contribution is -2.10. The van der Waals surface area contributed by atoms with Crippen LogP contribution in [0.1, 0.15) is 28.7 Å². The van der Waals surface area contributed by atoms with Crippen molar-refractivity contribution in [1.29, 1.82) is 0 Å². The van der Waals surface area contributed by atoms with Gasteiger partial charge in [-0.2, -0.15) is 0 Å². The Hall–Kier alpha value is -1.10. The van der Waals surface area contributed by atoms with Crippen molar-refractivity contribution in [2.75, 3.05) is 6.26 Å². The lowest BCUT2D eigenvalue weighted by atomic mass is 10.1. The van der Waals surface area contributed by atoms with Gasteiger partial charge in [0.1, 0.15) is 5.56 Å². The third kappa shape index (κ3) is 2.04. The summed E-state index contributed by atoms with van der Waals surface area (Å²) in [4.78, 5) is 19.2. The Morgan fingerprint density at radius 3 is 2.57 bits per heavy atom. The Kier molecular flexibility index (Phi) is 3.46. The van der Waals surface area contributed by atoms with Crippen molar-refractivity contribution in [2.24, 2.45) is 0 Å². The summed E-state index contributed by atoms with van der Waals surface area (Å²) in [5, 5.41) is 9.58. The molecule has 0 aromatic carbocycles. The van der Waals surface area contributed by atoms with Gasteiger partial charge in [0.15, 0.2) is 5.16 Å². The molecule has 0 aliphatic rings. The molecular weight excluding hydrogens is 200 g/mol. The van der Waals surface area contributed by atoms with Gasteiger partial charge in [-0.1, -0.05) is 18.7 Å². The minimum Gasteiger partial charge on any atom is -0.478 e. The first-order chi connectivity index (χ1) is 6.60. The van der Waals surface area contributed by atoms with Gasteiger partial charge in [0, 0.05) is 0 Å². The van der Waals surface area contributed by atoms with Gasteiger partial charge in [0.05, 0.1) is 11.4 Å². The first kappa shape index (κ1) is 11.0. The fraction of sp³-hybridized carbons (Fsp3) is 0.444. The normalized spacial score (nSPS) is 10.2. The number of aryl methyl sites for hydroxylation is 2. The first-order valence-electron chi connectivity index (χ1n) is 4.25. The van der Waals surface area contributed by atoms with Crippen LogP contribution >= 0.6 is 11.8 Å². The highest BCUT2D eigenvalue weighted by Crippen LogP contribution is 2.16. The highest BCUT2D eigenvalue weighted by atomic mass is 32.2. The second kappa shape index (κ2) is 4.41. The van der Waals surface area contributed by atoms with Gasteiger partial charge in [-0.25, -0.2) is 14.8 Å². The molecule has 0 fully saturated rings. The van der Waals surface area contributed by atoms with Gasteiger partial charge in [-0.3, -0.25) is 0 Å². The standard InChI is InChI=1S/C9H12N2O2S/c1-4-6-7(8(12)13)5(2)10-9(11-6)14-3/h4H2,1-3H3,(H,12,13). The Balaban J connectivity index is 3.34. The highest BCUT2D eigenvalue weighted by molar-refractivity contribution is 7.98. The summed E-state index contributed by atoms with van der Waals surface area (Å²) in [7, 11) is 0. The molecule has 1 aromatic heterocycles. The van der Waals surface area contributed by atoms with Crippen molar-refractivity contribution in [3.05, 3.63) is 17.0 Å². The van der Waals surface area contributed by atoms with Gasteiger partial charge in [0.2, 0.25) is 0 Å². The molecule has 14 heavy (non-hydrogen) atoms. The number of carboxylic acid groups (broad SMARTS) is 1. The fourth-order valence-electron chi connectivity index (χ4n) is 1.23. The van der Waals surface area contributed by atoms with Crippen LogP contribution in [0.25, 0.3) is 0 Å². The zero-order valence-electron chi connectivity index (χ0n) is 8.37. The van der Waals surface area contributed by atoms with Crippen LogP contribution in [-0.4, -0.2) is 27.3 Å². The number of aromatic carboxylic acids is 1. The number of carboxylic acids is 1. The zero-order valence-corrected chi connectivity index (χ0v) is 9.18. The van der Waals surface area contributed by atoms with E-state index in [-0.39, 0.29) is 5.56 Å². The molecule has 1 rings (SSSR count). The summed E-state index contributed by atoms with van der Waals surface area (Å²) in [5.41, 5.74) is 1.38. The second-order valence-electron chi connectivity index (χ2n) is 2.78.